The second-order valence-electron chi connectivity index (χ2n) is 10.9. The first-order valence-electron chi connectivity index (χ1n) is 12.4. The molecule has 0 aromatic heterocycles. The van der Waals surface area contributed by atoms with Crippen molar-refractivity contribution in [3.63, 3.8) is 0 Å². The molecule has 4 amide bonds. The van der Waals surface area contributed by atoms with Crippen molar-refractivity contribution in [1.29, 1.82) is 0 Å². The van der Waals surface area contributed by atoms with E-state index in [9.17, 15) is 24.3 Å². The molecule has 0 bridgehead atoms. The lowest BCUT2D eigenvalue weighted by Crippen LogP contribution is -2.54. The minimum Gasteiger partial charge on any atom is -0.445 e. The van der Waals surface area contributed by atoms with Crippen LogP contribution in [0.4, 0.5) is 15.3 Å². The Morgan fingerprint density at radius 3 is 2.14 bits per heavy atom. The van der Waals surface area contributed by atoms with Gasteiger partial charge < -0.3 is 35.4 Å². The fraction of sp³-hybridized carbons (Fsp3) is 0.615. The Labute approximate surface area is 218 Å². The van der Waals surface area contributed by atoms with E-state index in [4.69, 9.17) is 9.47 Å². The minimum absolute atomic E-state index is 0.0452. The second-order valence-corrected chi connectivity index (χ2v) is 10.9. The number of alkyl carbamates (subject to hydrolysis) is 1. The average Bonchev–Trinajstić information content (AvgIpc) is 3.51. The summed E-state index contributed by atoms with van der Waals surface area (Å²) in [4.78, 5) is 50.9. The number of likely N-dealkylation sites (N-methyl/N-ethyl adjacent to an activating group) is 1. The number of carbonyl (C=O) groups excluding carboxylic acids is 4. The molecule has 0 saturated heterocycles. The Morgan fingerprint density at radius 2 is 1.62 bits per heavy atom. The number of ether oxygens (including phenoxy) is 2. The molecule has 1 aliphatic rings. The molecule has 0 unspecified atom stereocenters. The summed E-state index contributed by atoms with van der Waals surface area (Å²) < 4.78 is 10.5. The molecule has 206 valence electrons. The number of hydrogen-bond donors (Lipinski definition) is 4. The molecule has 0 heterocycles. The lowest BCUT2D eigenvalue weighted by molar-refractivity contribution is -0.128. The van der Waals surface area contributed by atoms with E-state index in [2.05, 4.69) is 16.0 Å². The molecule has 2 rings (SSSR count). The number of benzene rings is 1. The third-order valence-electron chi connectivity index (χ3n) is 5.63. The molecule has 2 atom stereocenters. The number of amides is 4. The zero-order chi connectivity index (χ0) is 28.0. The van der Waals surface area contributed by atoms with Crippen LogP contribution in [0.5, 0.6) is 0 Å². The zero-order valence-corrected chi connectivity index (χ0v) is 22.7. The molecular weight excluding hydrogens is 480 g/mol. The summed E-state index contributed by atoms with van der Waals surface area (Å²) in [7, 11) is 1.58. The van der Waals surface area contributed by atoms with Crippen molar-refractivity contribution in [1.82, 2.24) is 15.5 Å². The van der Waals surface area contributed by atoms with Crippen LogP contribution in [0.2, 0.25) is 0 Å². The third-order valence-corrected chi connectivity index (χ3v) is 5.63. The maximum Gasteiger partial charge on any atom is 0.409 e. The number of nitrogens with one attached hydrogen (secondary N) is 3. The summed E-state index contributed by atoms with van der Waals surface area (Å²) in [6.45, 7) is 10.6. The average molecular weight is 521 g/mol. The second kappa shape index (κ2) is 12.3. The van der Waals surface area contributed by atoms with Crippen molar-refractivity contribution < 1.29 is 33.8 Å². The van der Waals surface area contributed by atoms with Crippen LogP contribution in [0.15, 0.2) is 24.3 Å². The molecule has 1 aromatic rings. The lowest BCUT2D eigenvalue weighted by atomic mass is 10.0. The Bertz CT molecular complexity index is 968. The van der Waals surface area contributed by atoms with Crippen LogP contribution in [-0.2, 0) is 25.7 Å². The predicted molar refractivity (Wildman–Crippen MR) is 138 cm³/mol. The van der Waals surface area contributed by atoms with Crippen LogP contribution in [0.1, 0.15) is 59.9 Å². The number of nitrogens with zero attached hydrogens (tertiary/aromatic N) is 1. The summed E-state index contributed by atoms with van der Waals surface area (Å²) >= 11 is 0. The standard InChI is InChI=1S/C26H40N4O7/c1-16(2)20(29-23(33)37-25(4,5)6)22(32)27-17(3)21(31)28-19-10-8-18(9-11-19)14-36-24(34)30(7)15-26(35)12-13-26/h8-11,16-17,20,35H,12-15H2,1-7H3,(H,27,32)(H,28,31)(H,29,33)/t17-,20-/m0/s1. The van der Waals surface area contributed by atoms with Crippen molar-refractivity contribution in [2.45, 2.75) is 84.3 Å². The van der Waals surface area contributed by atoms with Crippen LogP contribution >= 0.6 is 0 Å². The van der Waals surface area contributed by atoms with Crippen LogP contribution < -0.4 is 16.0 Å². The highest BCUT2D eigenvalue weighted by molar-refractivity contribution is 5.98. The molecule has 0 aliphatic heterocycles. The number of rotatable bonds is 10. The van der Waals surface area contributed by atoms with Crippen molar-refractivity contribution in [3.05, 3.63) is 29.8 Å². The highest BCUT2D eigenvalue weighted by Crippen LogP contribution is 2.35. The largest absolute Gasteiger partial charge is 0.445 e. The van der Waals surface area contributed by atoms with Gasteiger partial charge in [0.05, 0.1) is 12.1 Å². The molecule has 1 aromatic carbocycles. The quantitative estimate of drug-likeness (QED) is 0.371. The van der Waals surface area contributed by atoms with Crippen LogP contribution in [0, 0.1) is 5.92 Å². The van der Waals surface area contributed by atoms with Crippen LogP contribution in [0.3, 0.4) is 0 Å². The molecule has 0 spiro atoms. The molecule has 1 fully saturated rings. The van der Waals surface area contributed by atoms with Gasteiger partial charge >= 0.3 is 12.2 Å². The van der Waals surface area contributed by atoms with Crippen molar-refractivity contribution in [3.8, 4) is 0 Å². The fourth-order valence-corrected chi connectivity index (χ4v) is 3.34. The first-order valence-corrected chi connectivity index (χ1v) is 12.4. The maximum atomic E-state index is 12.7. The highest BCUT2D eigenvalue weighted by atomic mass is 16.6. The number of aliphatic hydroxyl groups is 1. The van der Waals surface area contributed by atoms with E-state index in [0.29, 0.717) is 18.5 Å². The first-order chi connectivity index (χ1) is 17.1. The predicted octanol–water partition coefficient (Wildman–Crippen LogP) is 2.77. The van der Waals surface area contributed by atoms with Crippen molar-refractivity contribution in [2.75, 3.05) is 18.9 Å². The number of hydrogen-bond acceptors (Lipinski definition) is 7. The van der Waals surface area contributed by atoms with Gasteiger partial charge in [-0.15, -0.1) is 0 Å². The van der Waals surface area contributed by atoms with E-state index in [1.165, 1.54) is 4.90 Å². The van der Waals surface area contributed by atoms with E-state index in [-0.39, 0.29) is 19.1 Å². The zero-order valence-electron chi connectivity index (χ0n) is 22.7. The van der Waals surface area contributed by atoms with Gasteiger partial charge in [-0.2, -0.15) is 0 Å². The van der Waals surface area contributed by atoms with Gasteiger partial charge in [-0.25, -0.2) is 9.59 Å². The van der Waals surface area contributed by atoms with Crippen molar-refractivity contribution >= 4 is 29.7 Å². The van der Waals surface area contributed by atoms with Gasteiger partial charge in [-0.3, -0.25) is 9.59 Å². The summed E-state index contributed by atoms with van der Waals surface area (Å²) in [6, 6.07) is 4.99. The highest BCUT2D eigenvalue weighted by Gasteiger charge is 2.42. The molecule has 1 saturated carbocycles. The fourth-order valence-electron chi connectivity index (χ4n) is 3.34. The number of anilines is 1. The van der Waals surface area contributed by atoms with Gasteiger partial charge in [-0.05, 0) is 64.2 Å². The van der Waals surface area contributed by atoms with Crippen LogP contribution in [0.25, 0.3) is 0 Å². The monoisotopic (exact) mass is 520 g/mol. The first kappa shape index (κ1) is 29.9. The summed E-state index contributed by atoms with van der Waals surface area (Å²) in [5.74, 6) is -1.17. The topological polar surface area (TPSA) is 146 Å². The summed E-state index contributed by atoms with van der Waals surface area (Å²) in [5, 5.41) is 17.8. The van der Waals surface area contributed by atoms with E-state index >= 15 is 0 Å². The molecular formula is C26H40N4O7. The SMILES string of the molecule is CC(C)[C@H](NC(=O)OC(C)(C)C)C(=O)N[C@@H](C)C(=O)Nc1ccc(COC(=O)N(C)CC2(O)CC2)cc1. The molecule has 0 radical (unpaired) electrons. The maximum absolute atomic E-state index is 12.7. The van der Waals surface area contributed by atoms with Gasteiger partial charge in [0.1, 0.15) is 24.3 Å². The molecule has 1 aliphatic carbocycles. The minimum atomic E-state index is -0.877. The van der Waals surface area contributed by atoms with Gasteiger partial charge in [0, 0.05) is 12.7 Å². The van der Waals surface area contributed by atoms with Gasteiger partial charge in [0.15, 0.2) is 0 Å². The number of carbonyl (C=O) groups is 4. The lowest BCUT2D eigenvalue weighted by Gasteiger charge is -2.26. The normalized spacial score (nSPS) is 15.7. The Balaban J connectivity index is 1.83. The smallest absolute Gasteiger partial charge is 0.409 e. The molecule has 37 heavy (non-hydrogen) atoms. The van der Waals surface area contributed by atoms with E-state index in [0.717, 1.165) is 5.56 Å². The van der Waals surface area contributed by atoms with Crippen molar-refractivity contribution in [2.24, 2.45) is 5.92 Å². The van der Waals surface area contributed by atoms with E-state index < -0.39 is 47.3 Å². The Kier molecular flexibility index (Phi) is 9.91. The molecule has 11 nitrogen and oxygen atoms in total. The summed E-state index contributed by atoms with van der Waals surface area (Å²) in [6.07, 6.45) is 0.127. The summed E-state index contributed by atoms with van der Waals surface area (Å²) in [5.41, 5.74) is -0.266. The van der Waals surface area contributed by atoms with E-state index in [1.54, 1.807) is 72.9 Å². The molecule has 4 N–H and O–H groups in total. The van der Waals surface area contributed by atoms with Gasteiger partial charge in [-0.1, -0.05) is 26.0 Å². The third kappa shape index (κ3) is 10.3. The Morgan fingerprint density at radius 1 is 1.03 bits per heavy atom. The molecule has 11 heteroatoms. The van der Waals surface area contributed by atoms with Crippen LogP contribution in [-0.4, -0.2) is 70.9 Å². The Hall–Kier alpha value is -3.34. The van der Waals surface area contributed by atoms with Gasteiger partial charge in [0.2, 0.25) is 11.8 Å². The van der Waals surface area contributed by atoms with E-state index in [1.807, 2.05) is 0 Å². The van der Waals surface area contributed by atoms with Gasteiger partial charge in [0.25, 0.3) is 0 Å².